The molecule has 0 amide bonds. The standard InChI is InChI=1S/C14H11Br2N3O4S/c1-23-14(20)13-11(18)7(5-17)6-19(13)12-9(15)3-8(4-10(12)16)24(2,21)22/h3-4,6H,18H2,1-2H3. The van der Waals surface area contributed by atoms with Crippen molar-refractivity contribution in [2.24, 2.45) is 0 Å². The molecule has 0 fully saturated rings. The number of hydrogen-bond acceptors (Lipinski definition) is 6. The maximum atomic E-state index is 12.0. The molecule has 7 nitrogen and oxygen atoms in total. The number of hydrogen-bond donors (Lipinski definition) is 1. The maximum absolute atomic E-state index is 12.0. The number of rotatable bonds is 3. The van der Waals surface area contributed by atoms with Crippen molar-refractivity contribution in [3.63, 3.8) is 0 Å². The first-order valence-electron chi connectivity index (χ1n) is 6.30. The number of halogens is 2. The first-order chi connectivity index (χ1) is 11.1. The SMILES string of the molecule is COC(=O)c1c(N)c(C#N)cn1-c1c(Br)cc(S(C)(=O)=O)cc1Br. The zero-order valence-corrected chi connectivity index (χ0v) is 16.5. The Morgan fingerprint density at radius 3 is 2.29 bits per heavy atom. The van der Waals surface area contributed by atoms with E-state index < -0.39 is 15.8 Å². The molecule has 0 saturated heterocycles. The van der Waals surface area contributed by atoms with Crippen LogP contribution < -0.4 is 5.73 Å². The van der Waals surface area contributed by atoms with Gasteiger partial charge in [-0.2, -0.15) is 5.26 Å². The predicted molar refractivity (Wildman–Crippen MR) is 94.7 cm³/mol. The molecule has 0 aliphatic rings. The zero-order valence-electron chi connectivity index (χ0n) is 12.5. The minimum atomic E-state index is -3.42. The molecule has 2 rings (SSSR count). The molecule has 0 spiro atoms. The van der Waals surface area contributed by atoms with Crippen molar-refractivity contribution < 1.29 is 17.9 Å². The van der Waals surface area contributed by atoms with Gasteiger partial charge in [0.25, 0.3) is 0 Å². The molecule has 2 aromatic rings. The monoisotopic (exact) mass is 475 g/mol. The predicted octanol–water partition coefficient (Wildman–Crippen LogP) is 2.65. The third kappa shape index (κ3) is 3.19. The molecule has 2 N–H and O–H groups in total. The Balaban J connectivity index is 2.83. The second kappa shape index (κ2) is 6.58. The fourth-order valence-corrected chi connectivity index (χ4v) is 4.61. The average Bonchev–Trinajstić information content (AvgIpc) is 2.81. The summed E-state index contributed by atoms with van der Waals surface area (Å²) >= 11 is 6.59. The van der Waals surface area contributed by atoms with E-state index in [4.69, 9.17) is 15.7 Å². The van der Waals surface area contributed by atoms with Crippen LogP contribution in [0.5, 0.6) is 0 Å². The molecule has 0 radical (unpaired) electrons. The minimum Gasteiger partial charge on any atom is -0.464 e. The molecule has 1 aromatic heterocycles. The number of nitrogens with zero attached hydrogens (tertiary/aromatic N) is 2. The molecule has 0 aliphatic heterocycles. The highest BCUT2D eigenvalue weighted by atomic mass is 79.9. The molecule has 24 heavy (non-hydrogen) atoms. The van der Waals surface area contributed by atoms with Crippen LogP contribution in [-0.4, -0.2) is 32.3 Å². The van der Waals surface area contributed by atoms with Crippen molar-refractivity contribution in [1.82, 2.24) is 4.57 Å². The maximum Gasteiger partial charge on any atom is 0.357 e. The fourth-order valence-electron chi connectivity index (χ4n) is 2.08. The molecule has 0 bridgehead atoms. The highest BCUT2D eigenvalue weighted by molar-refractivity contribution is 9.11. The molecule has 10 heteroatoms. The van der Waals surface area contributed by atoms with Crippen LogP contribution in [0.15, 0.2) is 32.2 Å². The lowest BCUT2D eigenvalue weighted by Gasteiger charge is -2.14. The second-order valence-corrected chi connectivity index (χ2v) is 8.51. The van der Waals surface area contributed by atoms with Gasteiger partial charge in [0, 0.05) is 21.4 Å². The number of aromatic nitrogens is 1. The van der Waals surface area contributed by atoms with Gasteiger partial charge in [-0.25, -0.2) is 13.2 Å². The van der Waals surface area contributed by atoms with Gasteiger partial charge < -0.3 is 15.0 Å². The summed E-state index contributed by atoms with van der Waals surface area (Å²) in [4.78, 5) is 12.1. The van der Waals surface area contributed by atoms with E-state index in [1.807, 2.05) is 6.07 Å². The van der Waals surface area contributed by atoms with E-state index in [-0.39, 0.29) is 21.8 Å². The van der Waals surface area contributed by atoms with Crippen LogP contribution in [0.3, 0.4) is 0 Å². The molecular formula is C14H11Br2N3O4S. The largest absolute Gasteiger partial charge is 0.464 e. The molecular weight excluding hydrogens is 466 g/mol. The summed E-state index contributed by atoms with van der Waals surface area (Å²) in [7, 11) is -2.23. The van der Waals surface area contributed by atoms with E-state index in [9.17, 15) is 13.2 Å². The number of benzene rings is 1. The lowest BCUT2D eigenvalue weighted by molar-refractivity contribution is 0.0593. The summed E-state index contributed by atoms with van der Waals surface area (Å²) in [5, 5.41) is 9.15. The summed E-state index contributed by atoms with van der Waals surface area (Å²) in [5.41, 5.74) is 6.32. The molecule has 0 atom stereocenters. The molecule has 126 valence electrons. The van der Waals surface area contributed by atoms with E-state index >= 15 is 0 Å². The number of ether oxygens (including phenoxy) is 1. The molecule has 1 aromatic carbocycles. The number of nitrogens with two attached hydrogens (primary N) is 1. The Labute approximate surface area is 155 Å². The lowest BCUT2D eigenvalue weighted by Crippen LogP contribution is -2.12. The van der Waals surface area contributed by atoms with Gasteiger partial charge in [-0.1, -0.05) is 0 Å². The zero-order chi connectivity index (χ0) is 18.2. The van der Waals surface area contributed by atoms with Gasteiger partial charge in [0.05, 0.1) is 28.9 Å². The highest BCUT2D eigenvalue weighted by Gasteiger charge is 2.25. The number of nitrogen functional groups attached to an aromatic ring is 1. The van der Waals surface area contributed by atoms with E-state index in [1.54, 1.807) is 0 Å². The van der Waals surface area contributed by atoms with Crippen LogP contribution >= 0.6 is 31.9 Å². The number of anilines is 1. The van der Waals surface area contributed by atoms with Crippen LogP contribution in [0.2, 0.25) is 0 Å². The molecule has 0 aliphatic carbocycles. The number of sulfone groups is 1. The van der Waals surface area contributed by atoms with Crippen molar-refractivity contribution in [2.45, 2.75) is 4.90 Å². The number of esters is 1. The first kappa shape index (κ1) is 18.5. The van der Waals surface area contributed by atoms with Crippen molar-refractivity contribution in [3.8, 4) is 11.8 Å². The minimum absolute atomic E-state index is 0.0182. The van der Waals surface area contributed by atoms with Crippen LogP contribution in [0.1, 0.15) is 16.1 Å². The Bertz CT molecular complexity index is 967. The summed E-state index contributed by atoms with van der Waals surface area (Å²) < 4.78 is 30.3. The van der Waals surface area contributed by atoms with E-state index in [0.29, 0.717) is 14.6 Å². The van der Waals surface area contributed by atoms with E-state index in [0.717, 1.165) is 6.26 Å². The van der Waals surface area contributed by atoms with E-state index in [1.165, 1.54) is 30.0 Å². The van der Waals surface area contributed by atoms with Crippen molar-refractivity contribution in [3.05, 3.63) is 38.5 Å². The summed E-state index contributed by atoms with van der Waals surface area (Å²) in [6, 6.07) is 4.70. The summed E-state index contributed by atoms with van der Waals surface area (Å²) in [6.45, 7) is 0. The quantitative estimate of drug-likeness (QED) is 0.680. The van der Waals surface area contributed by atoms with Gasteiger partial charge >= 0.3 is 5.97 Å². The van der Waals surface area contributed by atoms with E-state index in [2.05, 4.69) is 31.9 Å². The first-order valence-corrected chi connectivity index (χ1v) is 9.78. The average molecular weight is 477 g/mol. The fraction of sp³-hybridized carbons (Fsp3) is 0.143. The van der Waals surface area contributed by atoms with Crippen LogP contribution in [-0.2, 0) is 14.6 Å². The Hall–Kier alpha value is -1.83. The van der Waals surface area contributed by atoms with Gasteiger partial charge in [0.2, 0.25) is 0 Å². The number of methoxy groups -OCH3 is 1. The molecule has 0 unspecified atom stereocenters. The smallest absolute Gasteiger partial charge is 0.357 e. The van der Waals surface area contributed by atoms with Crippen LogP contribution in [0.4, 0.5) is 5.69 Å². The van der Waals surface area contributed by atoms with Crippen molar-refractivity contribution in [2.75, 3.05) is 19.1 Å². The Morgan fingerprint density at radius 1 is 1.33 bits per heavy atom. The van der Waals surface area contributed by atoms with Crippen LogP contribution in [0.25, 0.3) is 5.69 Å². The Kier molecular flexibility index (Phi) is 5.08. The van der Waals surface area contributed by atoms with Gasteiger partial charge in [-0.3, -0.25) is 0 Å². The number of carbonyl (C=O) groups excluding carboxylic acids is 1. The second-order valence-electron chi connectivity index (χ2n) is 4.79. The van der Waals surface area contributed by atoms with Gasteiger partial charge in [-0.15, -0.1) is 0 Å². The van der Waals surface area contributed by atoms with Crippen molar-refractivity contribution in [1.29, 1.82) is 5.26 Å². The van der Waals surface area contributed by atoms with Gasteiger partial charge in [0.15, 0.2) is 15.5 Å². The number of nitriles is 1. The lowest BCUT2D eigenvalue weighted by atomic mass is 10.2. The van der Waals surface area contributed by atoms with Crippen molar-refractivity contribution >= 4 is 53.4 Å². The normalized spacial score (nSPS) is 11.1. The topological polar surface area (TPSA) is 115 Å². The molecule has 1 heterocycles. The third-order valence-corrected chi connectivity index (χ3v) is 5.50. The summed E-state index contributed by atoms with van der Waals surface area (Å²) in [5.74, 6) is -0.722. The summed E-state index contributed by atoms with van der Waals surface area (Å²) in [6.07, 6.45) is 2.47. The number of carbonyl (C=O) groups is 1. The highest BCUT2D eigenvalue weighted by Crippen LogP contribution is 2.36. The van der Waals surface area contributed by atoms with Gasteiger partial charge in [0.1, 0.15) is 6.07 Å². The third-order valence-electron chi connectivity index (χ3n) is 3.20. The van der Waals surface area contributed by atoms with Gasteiger partial charge in [-0.05, 0) is 44.0 Å². The molecule has 0 saturated carbocycles. The van der Waals surface area contributed by atoms with Crippen LogP contribution in [0, 0.1) is 11.3 Å². The Morgan fingerprint density at radius 2 is 1.88 bits per heavy atom.